The van der Waals surface area contributed by atoms with Crippen LogP contribution in [0.1, 0.15) is 10.4 Å². The molecule has 1 aromatic rings. The minimum absolute atomic E-state index is 0.138. The van der Waals surface area contributed by atoms with Gasteiger partial charge in [-0.05, 0) is 6.07 Å². The van der Waals surface area contributed by atoms with E-state index in [1.165, 1.54) is 12.3 Å². The summed E-state index contributed by atoms with van der Waals surface area (Å²) in [7, 11) is 0. The number of carbonyl (C=O) groups is 1. The molecule has 1 atom stereocenters. The van der Waals surface area contributed by atoms with E-state index in [4.69, 9.17) is 27.9 Å². The molecular formula is C11H12Cl2N2O3. The predicted molar refractivity (Wildman–Crippen MR) is 67.0 cm³/mol. The summed E-state index contributed by atoms with van der Waals surface area (Å²) in [5.74, 6) is -0.233. The molecule has 1 amide bonds. The second-order valence-electron chi connectivity index (χ2n) is 3.91. The lowest BCUT2D eigenvalue weighted by Crippen LogP contribution is -2.50. The van der Waals surface area contributed by atoms with Crippen molar-refractivity contribution in [2.24, 2.45) is 0 Å². The number of nitrogens with zero attached hydrogens (tertiary/aromatic N) is 2. The van der Waals surface area contributed by atoms with E-state index < -0.39 is 0 Å². The molecule has 1 aliphatic heterocycles. The van der Waals surface area contributed by atoms with E-state index in [1.807, 2.05) is 0 Å². The number of aliphatic hydroxyl groups excluding tert-OH is 1. The van der Waals surface area contributed by atoms with Crippen LogP contribution < -0.4 is 0 Å². The molecule has 5 nitrogen and oxygen atoms in total. The summed E-state index contributed by atoms with van der Waals surface area (Å²) in [4.78, 5) is 17.6. The summed E-state index contributed by atoms with van der Waals surface area (Å²) in [6.07, 6.45) is 1.38. The highest BCUT2D eigenvalue weighted by molar-refractivity contribution is 6.41. The lowest BCUT2D eigenvalue weighted by Gasteiger charge is -2.34. The van der Waals surface area contributed by atoms with Crippen LogP contribution in [0.4, 0.5) is 0 Å². The Labute approximate surface area is 114 Å². The Kier molecular flexibility index (Phi) is 4.40. The van der Waals surface area contributed by atoms with Gasteiger partial charge in [0.05, 0.1) is 36.4 Å². The van der Waals surface area contributed by atoms with Crippen LogP contribution in [0.15, 0.2) is 12.3 Å². The monoisotopic (exact) mass is 290 g/mol. The first-order valence-electron chi connectivity index (χ1n) is 5.44. The molecule has 0 saturated carbocycles. The average molecular weight is 291 g/mol. The molecule has 0 aliphatic carbocycles. The Balaban J connectivity index is 2.21. The maximum atomic E-state index is 12.3. The molecule has 0 radical (unpaired) electrons. The fourth-order valence-corrected chi connectivity index (χ4v) is 2.05. The molecule has 0 aromatic carbocycles. The Hall–Kier alpha value is -0.880. The molecule has 1 unspecified atom stereocenters. The van der Waals surface area contributed by atoms with E-state index in [9.17, 15) is 9.90 Å². The molecule has 98 valence electrons. The summed E-state index contributed by atoms with van der Waals surface area (Å²) < 4.78 is 5.22. The van der Waals surface area contributed by atoms with Crippen LogP contribution in [-0.2, 0) is 4.74 Å². The predicted octanol–water partition coefficient (Wildman–Crippen LogP) is 1.22. The maximum absolute atomic E-state index is 12.3. The van der Waals surface area contributed by atoms with E-state index in [2.05, 4.69) is 4.98 Å². The summed E-state index contributed by atoms with van der Waals surface area (Å²) in [5, 5.41) is 9.61. The number of aromatic nitrogens is 1. The third-order valence-corrected chi connectivity index (χ3v) is 3.43. The van der Waals surface area contributed by atoms with Gasteiger partial charge in [0.15, 0.2) is 0 Å². The zero-order valence-electron chi connectivity index (χ0n) is 9.47. The van der Waals surface area contributed by atoms with Crippen LogP contribution in [0.2, 0.25) is 10.2 Å². The van der Waals surface area contributed by atoms with Gasteiger partial charge in [0.1, 0.15) is 5.15 Å². The quantitative estimate of drug-likeness (QED) is 0.832. The van der Waals surface area contributed by atoms with Crippen LogP contribution in [-0.4, -0.2) is 53.3 Å². The van der Waals surface area contributed by atoms with Crippen molar-refractivity contribution in [1.29, 1.82) is 0 Å². The number of aliphatic hydroxyl groups is 1. The molecule has 1 N–H and O–H groups in total. The molecule has 2 rings (SSSR count). The van der Waals surface area contributed by atoms with Crippen molar-refractivity contribution in [3.05, 3.63) is 28.0 Å². The lowest BCUT2D eigenvalue weighted by atomic mass is 10.2. The zero-order valence-corrected chi connectivity index (χ0v) is 11.0. The minimum atomic E-state index is -0.333. The number of hydrogen-bond donors (Lipinski definition) is 1. The van der Waals surface area contributed by atoms with Crippen molar-refractivity contribution in [2.45, 2.75) is 6.04 Å². The molecule has 1 aliphatic rings. The minimum Gasteiger partial charge on any atom is -0.394 e. The largest absolute Gasteiger partial charge is 0.394 e. The topological polar surface area (TPSA) is 62.7 Å². The smallest absolute Gasteiger partial charge is 0.255 e. The Morgan fingerprint density at radius 3 is 3.06 bits per heavy atom. The highest BCUT2D eigenvalue weighted by Crippen LogP contribution is 2.21. The van der Waals surface area contributed by atoms with Crippen LogP contribution in [0.5, 0.6) is 0 Å². The number of morpholine rings is 1. The van der Waals surface area contributed by atoms with Gasteiger partial charge in [-0.1, -0.05) is 23.2 Å². The summed E-state index contributed by atoms with van der Waals surface area (Å²) in [6.45, 7) is 1.08. The van der Waals surface area contributed by atoms with Crippen LogP contribution in [0, 0.1) is 0 Å². The van der Waals surface area contributed by atoms with Gasteiger partial charge in [-0.25, -0.2) is 4.98 Å². The van der Waals surface area contributed by atoms with Gasteiger partial charge >= 0.3 is 0 Å². The first kappa shape index (κ1) is 13.5. The highest BCUT2D eigenvalue weighted by Gasteiger charge is 2.27. The van der Waals surface area contributed by atoms with E-state index in [1.54, 1.807) is 4.90 Å². The van der Waals surface area contributed by atoms with E-state index in [-0.39, 0.29) is 28.7 Å². The fourth-order valence-electron chi connectivity index (χ4n) is 1.78. The number of hydrogen-bond acceptors (Lipinski definition) is 4. The number of amides is 1. The lowest BCUT2D eigenvalue weighted by molar-refractivity contribution is -0.0184. The second-order valence-corrected chi connectivity index (χ2v) is 4.67. The van der Waals surface area contributed by atoms with Gasteiger partial charge in [-0.3, -0.25) is 4.79 Å². The van der Waals surface area contributed by atoms with Crippen molar-refractivity contribution in [1.82, 2.24) is 9.88 Å². The third kappa shape index (κ3) is 2.75. The molecule has 7 heteroatoms. The molecule has 0 bridgehead atoms. The number of halogens is 2. The van der Waals surface area contributed by atoms with Crippen molar-refractivity contribution < 1.29 is 14.6 Å². The van der Waals surface area contributed by atoms with Crippen molar-refractivity contribution in [3.63, 3.8) is 0 Å². The van der Waals surface area contributed by atoms with Crippen molar-refractivity contribution >= 4 is 29.1 Å². The summed E-state index contributed by atoms with van der Waals surface area (Å²) in [5.41, 5.74) is 0.352. The normalized spacial score (nSPS) is 19.9. The zero-order chi connectivity index (χ0) is 13.1. The summed E-state index contributed by atoms with van der Waals surface area (Å²) in [6, 6.07) is 1.14. The number of pyridine rings is 1. The van der Waals surface area contributed by atoms with Crippen LogP contribution in [0.3, 0.4) is 0 Å². The van der Waals surface area contributed by atoms with E-state index >= 15 is 0 Å². The summed E-state index contributed by atoms with van der Waals surface area (Å²) >= 11 is 11.5. The van der Waals surface area contributed by atoms with Crippen LogP contribution in [0.25, 0.3) is 0 Å². The highest BCUT2D eigenvalue weighted by atomic mass is 35.5. The second kappa shape index (κ2) is 5.84. The number of ether oxygens (including phenoxy) is 1. The Morgan fingerprint density at radius 2 is 2.39 bits per heavy atom. The van der Waals surface area contributed by atoms with Gasteiger partial charge < -0.3 is 14.7 Å². The molecule has 1 saturated heterocycles. The standard InChI is InChI=1S/C11H12Cl2N2O3/c12-9-3-7(4-14-10(9)13)11(17)15-1-2-18-6-8(15)5-16/h3-4,8,16H,1-2,5-6H2. The molecule has 0 spiro atoms. The van der Waals surface area contributed by atoms with E-state index in [0.29, 0.717) is 25.3 Å². The SMILES string of the molecule is O=C(c1cnc(Cl)c(Cl)c1)N1CCOCC1CO. The van der Waals surface area contributed by atoms with Crippen molar-refractivity contribution in [2.75, 3.05) is 26.4 Å². The maximum Gasteiger partial charge on any atom is 0.255 e. The number of carbonyl (C=O) groups excluding carboxylic acids is 1. The fraction of sp³-hybridized carbons (Fsp3) is 0.455. The van der Waals surface area contributed by atoms with Gasteiger partial charge in [-0.15, -0.1) is 0 Å². The Bertz CT molecular complexity index is 456. The molecule has 18 heavy (non-hydrogen) atoms. The van der Waals surface area contributed by atoms with Crippen molar-refractivity contribution in [3.8, 4) is 0 Å². The molecule has 1 fully saturated rings. The number of rotatable bonds is 2. The first-order valence-corrected chi connectivity index (χ1v) is 6.19. The van der Waals surface area contributed by atoms with Gasteiger partial charge in [0.2, 0.25) is 0 Å². The third-order valence-electron chi connectivity index (χ3n) is 2.74. The van der Waals surface area contributed by atoms with Gasteiger partial charge in [0.25, 0.3) is 5.91 Å². The molecular weight excluding hydrogens is 279 g/mol. The van der Waals surface area contributed by atoms with Gasteiger partial charge in [0, 0.05) is 12.7 Å². The van der Waals surface area contributed by atoms with Crippen LogP contribution >= 0.6 is 23.2 Å². The average Bonchev–Trinajstić information content (AvgIpc) is 2.41. The molecule has 2 heterocycles. The molecule has 1 aromatic heterocycles. The van der Waals surface area contributed by atoms with E-state index in [0.717, 1.165) is 0 Å². The first-order chi connectivity index (χ1) is 8.63. The van der Waals surface area contributed by atoms with Gasteiger partial charge in [-0.2, -0.15) is 0 Å². The Morgan fingerprint density at radius 1 is 1.61 bits per heavy atom.